The molecule has 1 aromatic heterocycles. The summed E-state index contributed by atoms with van der Waals surface area (Å²) in [5.74, 6) is -0.377. The molecule has 7 nitrogen and oxygen atoms in total. The highest BCUT2D eigenvalue weighted by Crippen LogP contribution is 2.27. The first-order chi connectivity index (χ1) is 14.0. The molecule has 2 heterocycles. The summed E-state index contributed by atoms with van der Waals surface area (Å²) < 4.78 is 4.96. The molecule has 1 unspecified atom stereocenters. The SMILES string of the molecule is COCCNC(=O)C1CCCN(C(=O)c2csc(Nc3cc(Cl)ccc3C)n2)C1. The van der Waals surface area contributed by atoms with Crippen LogP contribution in [0.5, 0.6) is 0 Å². The first-order valence-corrected chi connectivity index (χ1v) is 10.8. The molecule has 156 valence electrons. The number of likely N-dealkylation sites (tertiary alicyclic amines) is 1. The third kappa shape index (κ3) is 5.68. The Labute approximate surface area is 179 Å². The van der Waals surface area contributed by atoms with Crippen molar-refractivity contribution in [3.63, 3.8) is 0 Å². The molecule has 1 aliphatic rings. The van der Waals surface area contributed by atoms with E-state index in [9.17, 15) is 9.59 Å². The van der Waals surface area contributed by atoms with Crippen LogP contribution in [0.25, 0.3) is 0 Å². The number of amides is 2. The van der Waals surface area contributed by atoms with Crippen LogP contribution < -0.4 is 10.6 Å². The number of nitrogens with zero attached hydrogens (tertiary/aromatic N) is 2. The van der Waals surface area contributed by atoms with Crippen LogP contribution in [0.4, 0.5) is 10.8 Å². The lowest BCUT2D eigenvalue weighted by Gasteiger charge is -2.31. The van der Waals surface area contributed by atoms with Gasteiger partial charge in [-0.3, -0.25) is 9.59 Å². The molecule has 1 fully saturated rings. The molecule has 1 saturated heterocycles. The van der Waals surface area contributed by atoms with E-state index >= 15 is 0 Å². The third-order valence-corrected chi connectivity index (χ3v) is 5.84. The monoisotopic (exact) mass is 436 g/mol. The lowest BCUT2D eigenvalue weighted by atomic mass is 9.97. The quantitative estimate of drug-likeness (QED) is 0.649. The highest BCUT2D eigenvalue weighted by Gasteiger charge is 2.29. The van der Waals surface area contributed by atoms with E-state index in [1.54, 1.807) is 17.4 Å². The molecule has 1 aromatic carbocycles. The van der Waals surface area contributed by atoms with Crippen molar-refractivity contribution in [1.82, 2.24) is 15.2 Å². The zero-order chi connectivity index (χ0) is 20.8. The van der Waals surface area contributed by atoms with E-state index in [2.05, 4.69) is 15.6 Å². The summed E-state index contributed by atoms with van der Waals surface area (Å²) in [7, 11) is 1.60. The average molecular weight is 437 g/mol. The molecule has 0 spiro atoms. The Balaban J connectivity index is 1.61. The number of nitrogens with one attached hydrogen (secondary N) is 2. The molecule has 2 aromatic rings. The summed E-state index contributed by atoms with van der Waals surface area (Å²) >= 11 is 7.43. The van der Waals surface area contributed by atoms with E-state index in [1.165, 1.54) is 11.3 Å². The van der Waals surface area contributed by atoms with E-state index < -0.39 is 0 Å². The second-order valence-corrected chi connectivity index (χ2v) is 8.29. The minimum absolute atomic E-state index is 0.0309. The van der Waals surface area contributed by atoms with Gasteiger partial charge >= 0.3 is 0 Å². The van der Waals surface area contributed by atoms with Crippen LogP contribution in [0.2, 0.25) is 5.02 Å². The molecule has 3 rings (SSSR count). The second kappa shape index (κ2) is 10.0. The zero-order valence-corrected chi connectivity index (χ0v) is 18.1. The maximum atomic E-state index is 12.9. The Hall–Kier alpha value is -2.16. The Bertz CT molecular complexity index is 873. The Kier molecular flexibility index (Phi) is 7.46. The predicted molar refractivity (Wildman–Crippen MR) is 115 cm³/mol. The van der Waals surface area contributed by atoms with E-state index in [-0.39, 0.29) is 17.7 Å². The molecular weight excluding hydrogens is 412 g/mol. The van der Waals surface area contributed by atoms with Crippen molar-refractivity contribution in [3.05, 3.63) is 39.9 Å². The van der Waals surface area contributed by atoms with E-state index in [0.29, 0.717) is 42.1 Å². The van der Waals surface area contributed by atoms with Crippen molar-refractivity contribution in [1.29, 1.82) is 0 Å². The number of anilines is 2. The van der Waals surface area contributed by atoms with Gasteiger partial charge in [0.15, 0.2) is 5.13 Å². The van der Waals surface area contributed by atoms with Gasteiger partial charge < -0.3 is 20.3 Å². The van der Waals surface area contributed by atoms with Crippen molar-refractivity contribution in [3.8, 4) is 0 Å². The number of aryl methyl sites for hydroxylation is 1. The number of benzene rings is 1. The molecular formula is C20H25ClN4O3S. The lowest BCUT2D eigenvalue weighted by molar-refractivity contribution is -0.126. The van der Waals surface area contributed by atoms with E-state index in [1.807, 2.05) is 25.1 Å². The number of hydrogen-bond donors (Lipinski definition) is 2. The van der Waals surface area contributed by atoms with Crippen molar-refractivity contribution in [2.45, 2.75) is 19.8 Å². The van der Waals surface area contributed by atoms with Crippen LogP contribution in [0.1, 0.15) is 28.9 Å². The fourth-order valence-electron chi connectivity index (χ4n) is 3.23. The van der Waals surface area contributed by atoms with Crippen molar-refractivity contribution >= 4 is 45.6 Å². The van der Waals surface area contributed by atoms with Crippen LogP contribution >= 0.6 is 22.9 Å². The van der Waals surface area contributed by atoms with Crippen LogP contribution in [-0.4, -0.2) is 55.0 Å². The van der Waals surface area contributed by atoms with Gasteiger partial charge in [-0.1, -0.05) is 17.7 Å². The first kappa shape index (κ1) is 21.5. The number of hydrogen-bond acceptors (Lipinski definition) is 6. The minimum Gasteiger partial charge on any atom is -0.383 e. The number of carbonyl (C=O) groups is 2. The number of carbonyl (C=O) groups excluding carboxylic acids is 2. The lowest BCUT2D eigenvalue weighted by Crippen LogP contribution is -2.46. The Morgan fingerprint density at radius 2 is 2.24 bits per heavy atom. The summed E-state index contributed by atoms with van der Waals surface area (Å²) in [5.41, 5.74) is 2.28. The van der Waals surface area contributed by atoms with Gasteiger partial charge in [-0.05, 0) is 37.5 Å². The van der Waals surface area contributed by atoms with Crippen molar-refractivity contribution in [2.24, 2.45) is 5.92 Å². The van der Waals surface area contributed by atoms with E-state index in [0.717, 1.165) is 24.1 Å². The zero-order valence-electron chi connectivity index (χ0n) is 16.5. The summed E-state index contributed by atoms with van der Waals surface area (Å²) in [6.45, 7) is 3.97. The number of aromatic nitrogens is 1. The standard InChI is InChI=1S/C20H25ClN4O3S/c1-13-5-6-15(21)10-16(13)23-20-24-17(12-29-20)19(27)25-8-3-4-14(11-25)18(26)22-7-9-28-2/h5-6,10,12,14H,3-4,7-9,11H2,1-2H3,(H,22,26)(H,23,24). The highest BCUT2D eigenvalue weighted by atomic mass is 35.5. The van der Waals surface area contributed by atoms with Gasteiger partial charge in [0, 0.05) is 42.8 Å². The number of halogens is 1. The maximum absolute atomic E-state index is 12.9. The smallest absolute Gasteiger partial charge is 0.273 e. The van der Waals surface area contributed by atoms with Gasteiger partial charge in [-0.15, -0.1) is 11.3 Å². The van der Waals surface area contributed by atoms with Gasteiger partial charge in [-0.2, -0.15) is 0 Å². The first-order valence-electron chi connectivity index (χ1n) is 9.52. The second-order valence-electron chi connectivity index (χ2n) is 7.00. The molecule has 1 atom stereocenters. The van der Waals surface area contributed by atoms with Crippen LogP contribution in [0.3, 0.4) is 0 Å². The van der Waals surface area contributed by atoms with Gasteiger partial charge in [0.2, 0.25) is 5.91 Å². The van der Waals surface area contributed by atoms with Crippen LogP contribution in [0, 0.1) is 12.8 Å². The fraction of sp³-hybridized carbons (Fsp3) is 0.450. The van der Waals surface area contributed by atoms with Crippen LogP contribution in [0.15, 0.2) is 23.6 Å². The Morgan fingerprint density at radius 3 is 3.03 bits per heavy atom. The molecule has 29 heavy (non-hydrogen) atoms. The number of thiazole rings is 1. The maximum Gasteiger partial charge on any atom is 0.273 e. The number of ether oxygens (including phenoxy) is 1. The molecule has 2 N–H and O–H groups in total. The van der Waals surface area contributed by atoms with E-state index in [4.69, 9.17) is 16.3 Å². The molecule has 0 radical (unpaired) electrons. The Morgan fingerprint density at radius 1 is 1.41 bits per heavy atom. The van der Waals surface area contributed by atoms with Gasteiger partial charge in [0.25, 0.3) is 5.91 Å². The van der Waals surface area contributed by atoms with Gasteiger partial charge in [-0.25, -0.2) is 4.98 Å². The van der Waals surface area contributed by atoms with Gasteiger partial charge in [0.05, 0.1) is 12.5 Å². The summed E-state index contributed by atoms with van der Waals surface area (Å²) in [6.07, 6.45) is 1.57. The molecule has 2 amide bonds. The predicted octanol–water partition coefficient (Wildman–Crippen LogP) is 3.46. The molecule has 0 aliphatic carbocycles. The molecule has 0 bridgehead atoms. The summed E-state index contributed by atoms with van der Waals surface area (Å²) in [5, 5.41) is 9.09. The number of rotatable bonds is 7. The highest BCUT2D eigenvalue weighted by molar-refractivity contribution is 7.14. The third-order valence-electron chi connectivity index (χ3n) is 4.85. The fourth-order valence-corrected chi connectivity index (χ4v) is 4.10. The normalized spacial score (nSPS) is 16.5. The molecule has 9 heteroatoms. The van der Waals surface area contributed by atoms with Crippen molar-refractivity contribution < 1.29 is 14.3 Å². The van der Waals surface area contributed by atoms with Gasteiger partial charge in [0.1, 0.15) is 5.69 Å². The largest absolute Gasteiger partial charge is 0.383 e. The topological polar surface area (TPSA) is 83.6 Å². The van der Waals surface area contributed by atoms with Crippen molar-refractivity contribution in [2.75, 3.05) is 38.7 Å². The summed E-state index contributed by atoms with van der Waals surface area (Å²) in [4.78, 5) is 31.3. The number of methoxy groups -OCH3 is 1. The minimum atomic E-state index is -0.199. The van der Waals surface area contributed by atoms with Crippen LogP contribution in [-0.2, 0) is 9.53 Å². The average Bonchev–Trinajstić information content (AvgIpc) is 3.19. The molecule has 0 saturated carbocycles. The summed E-state index contributed by atoms with van der Waals surface area (Å²) in [6, 6.07) is 5.59. The number of piperidine rings is 1. The molecule has 1 aliphatic heterocycles.